The maximum atomic E-state index is 12.6. The zero-order valence-electron chi connectivity index (χ0n) is 17.0. The molecular formula is C21H32F2N2O3. The molecule has 1 rings (SSSR count). The van der Waals surface area contributed by atoms with Crippen molar-refractivity contribution in [1.82, 2.24) is 10.2 Å². The summed E-state index contributed by atoms with van der Waals surface area (Å²) in [6, 6.07) is 6.04. The summed E-state index contributed by atoms with van der Waals surface area (Å²) in [5.74, 6) is -0.0714. The van der Waals surface area contributed by atoms with E-state index in [2.05, 4.69) is 10.1 Å². The Labute approximate surface area is 166 Å². The van der Waals surface area contributed by atoms with Crippen molar-refractivity contribution >= 4 is 11.8 Å². The standard InChI is InChI=1S/C21H32F2N2O3/c1-4-14-25(15-5-2)20(27)13-9-12-19(26)24-17(6-3)16-10-7-8-11-18(16)28-21(22)23/h7-8,10-11,17,21H,4-6,9,12-15H2,1-3H3,(H,24,26). The average Bonchev–Trinajstić information content (AvgIpc) is 2.66. The first-order valence-corrected chi connectivity index (χ1v) is 10.0. The third-order valence-corrected chi connectivity index (χ3v) is 4.39. The number of nitrogens with one attached hydrogen (secondary N) is 1. The molecule has 0 spiro atoms. The van der Waals surface area contributed by atoms with Crippen LogP contribution < -0.4 is 10.1 Å². The molecule has 1 N–H and O–H groups in total. The van der Waals surface area contributed by atoms with Crippen molar-refractivity contribution in [3.63, 3.8) is 0 Å². The Bertz CT molecular complexity index is 605. The number of rotatable bonds is 13. The third kappa shape index (κ3) is 8.23. The van der Waals surface area contributed by atoms with Crippen LogP contribution in [0.5, 0.6) is 5.75 Å². The molecular weight excluding hydrogens is 366 g/mol. The number of hydrogen-bond donors (Lipinski definition) is 1. The van der Waals surface area contributed by atoms with Gasteiger partial charge >= 0.3 is 6.61 Å². The lowest BCUT2D eigenvalue weighted by molar-refractivity contribution is -0.131. The first-order valence-electron chi connectivity index (χ1n) is 10.0. The van der Waals surface area contributed by atoms with Crippen molar-refractivity contribution in [3.8, 4) is 5.75 Å². The molecule has 2 amide bonds. The highest BCUT2D eigenvalue weighted by molar-refractivity contribution is 5.79. The van der Waals surface area contributed by atoms with Crippen molar-refractivity contribution < 1.29 is 23.1 Å². The van der Waals surface area contributed by atoms with Crippen LogP contribution in [-0.4, -0.2) is 36.4 Å². The smallest absolute Gasteiger partial charge is 0.387 e. The van der Waals surface area contributed by atoms with Gasteiger partial charge in [0.15, 0.2) is 0 Å². The fraction of sp³-hybridized carbons (Fsp3) is 0.619. The molecule has 0 bridgehead atoms. The summed E-state index contributed by atoms with van der Waals surface area (Å²) in [5.41, 5.74) is 0.520. The number of ether oxygens (including phenoxy) is 1. The zero-order chi connectivity index (χ0) is 20.9. The highest BCUT2D eigenvalue weighted by Crippen LogP contribution is 2.28. The number of nitrogens with zero attached hydrogens (tertiary/aromatic N) is 1. The van der Waals surface area contributed by atoms with E-state index >= 15 is 0 Å². The van der Waals surface area contributed by atoms with Crippen LogP contribution in [0.25, 0.3) is 0 Å². The molecule has 5 nitrogen and oxygen atoms in total. The monoisotopic (exact) mass is 398 g/mol. The highest BCUT2D eigenvalue weighted by atomic mass is 19.3. The summed E-state index contributed by atoms with van der Waals surface area (Å²) in [5, 5.41) is 2.86. The van der Waals surface area contributed by atoms with Gasteiger partial charge < -0.3 is 15.0 Å². The van der Waals surface area contributed by atoms with Gasteiger partial charge in [-0.2, -0.15) is 8.78 Å². The van der Waals surface area contributed by atoms with Crippen LogP contribution in [0.3, 0.4) is 0 Å². The summed E-state index contributed by atoms with van der Waals surface area (Å²) in [6.45, 7) is 4.47. The van der Waals surface area contributed by atoms with E-state index in [1.165, 1.54) is 6.07 Å². The molecule has 0 saturated carbocycles. The molecule has 28 heavy (non-hydrogen) atoms. The first-order chi connectivity index (χ1) is 13.4. The lowest BCUT2D eigenvalue weighted by atomic mass is 10.0. The predicted octanol–water partition coefficient (Wildman–Crippen LogP) is 4.67. The first kappa shape index (κ1) is 23.9. The van der Waals surface area contributed by atoms with Crippen molar-refractivity contribution in [2.45, 2.75) is 71.9 Å². The van der Waals surface area contributed by atoms with Gasteiger partial charge in [0.2, 0.25) is 11.8 Å². The van der Waals surface area contributed by atoms with E-state index in [0.717, 1.165) is 25.9 Å². The van der Waals surface area contributed by atoms with Gasteiger partial charge in [0.05, 0.1) is 6.04 Å². The van der Waals surface area contributed by atoms with Crippen LogP contribution in [0, 0.1) is 0 Å². The number of benzene rings is 1. The van der Waals surface area contributed by atoms with Crippen LogP contribution in [0.4, 0.5) is 8.78 Å². The quantitative estimate of drug-likeness (QED) is 0.525. The van der Waals surface area contributed by atoms with E-state index in [1.807, 2.05) is 25.7 Å². The summed E-state index contributed by atoms with van der Waals surface area (Å²) in [6.07, 6.45) is 3.35. The molecule has 0 heterocycles. The predicted molar refractivity (Wildman–Crippen MR) is 105 cm³/mol. The number of halogens is 2. The third-order valence-electron chi connectivity index (χ3n) is 4.39. The number of para-hydroxylation sites is 1. The van der Waals surface area contributed by atoms with E-state index < -0.39 is 12.7 Å². The second-order valence-electron chi connectivity index (χ2n) is 6.68. The Morgan fingerprint density at radius 1 is 1.07 bits per heavy atom. The highest BCUT2D eigenvalue weighted by Gasteiger charge is 2.19. The Morgan fingerprint density at radius 3 is 2.29 bits per heavy atom. The van der Waals surface area contributed by atoms with Crippen molar-refractivity contribution in [2.24, 2.45) is 0 Å². The minimum atomic E-state index is -2.92. The topological polar surface area (TPSA) is 58.6 Å². The van der Waals surface area contributed by atoms with E-state index in [4.69, 9.17) is 0 Å². The van der Waals surface area contributed by atoms with E-state index in [9.17, 15) is 18.4 Å². The van der Waals surface area contributed by atoms with E-state index in [0.29, 0.717) is 24.8 Å². The SMILES string of the molecule is CCCN(CCC)C(=O)CCCC(=O)NC(CC)c1ccccc1OC(F)F. The summed E-state index contributed by atoms with van der Waals surface area (Å²) < 4.78 is 29.8. The van der Waals surface area contributed by atoms with Crippen LogP contribution in [0.15, 0.2) is 24.3 Å². The zero-order valence-corrected chi connectivity index (χ0v) is 17.0. The average molecular weight is 398 g/mol. The lowest BCUT2D eigenvalue weighted by Gasteiger charge is -2.22. The maximum Gasteiger partial charge on any atom is 0.387 e. The van der Waals surface area contributed by atoms with Crippen molar-refractivity contribution in [3.05, 3.63) is 29.8 Å². The van der Waals surface area contributed by atoms with Crippen molar-refractivity contribution in [1.29, 1.82) is 0 Å². The molecule has 158 valence electrons. The summed E-state index contributed by atoms with van der Waals surface area (Å²) in [4.78, 5) is 26.4. The molecule has 0 saturated heterocycles. The molecule has 0 fully saturated rings. The number of carbonyl (C=O) groups is 2. The lowest BCUT2D eigenvalue weighted by Crippen LogP contribution is -2.33. The molecule has 0 aliphatic rings. The van der Waals surface area contributed by atoms with Gasteiger partial charge in [-0.05, 0) is 31.7 Å². The molecule has 1 aromatic rings. The number of alkyl halides is 2. The van der Waals surface area contributed by atoms with Gasteiger partial charge in [-0.1, -0.05) is 39.0 Å². The Hall–Kier alpha value is -2.18. The van der Waals surface area contributed by atoms with Gasteiger partial charge in [0.25, 0.3) is 0 Å². The van der Waals surface area contributed by atoms with Gasteiger partial charge in [-0.25, -0.2) is 0 Å². The molecule has 1 unspecified atom stereocenters. The van der Waals surface area contributed by atoms with E-state index in [1.54, 1.807) is 18.2 Å². The number of hydrogen-bond acceptors (Lipinski definition) is 3. The van der Waals surface area contributed by atoms with Gasteiger partial charge in [-0.3, -0.25) is 9.59 Å². The normalized spacial score (nSPS) is 11.9. The Balaban J connectivity index is 2.58. The van der Waals surface area contributed by atoms with Gasteiger partial charge in [-0.15, -0.1) is 0 Å². The molecule has 1 atom stereocenters. The fourth-order valence-electron chi connectivity index (χ4n) is 3.10. The minimum absolute atomic E-state index is 0.0644. The van der Waals surface area contributed by atoms with Crippen LogP contribution in [0.1, 0.15) is 70.9 Å². The fourth-order valence-corrected chi connectivity index (χ4v) is 3.10. The molecule has 7 heteroatoms. The van der Waals surface area contributed by atoms with Crippen LogP contribution in [0.2, 0.25) is 0 Å². The van der Waals surface area contributed by atoms with Crippen LogP contribution in [-0.2, 0) is 9.59 Å². The minimum Gasteiger partial charge on any atom is -0.434 e. The molecule has 0 aromatic heterocycles. The largest absolute Gasteiger partial charge is 0.434 e. The number of carbonyl (C=O) groups excluding carboxylic acids is 2. The molecule has 0 aliphatic carbocycles. The molecule has 0 aliphatic heterocycles. The molecule has 0 radical (unpaired) electrons. The Morgan fingerprint density at radius 2 is 1.71 bits per heavy atom. The second-order valence-corrected chi connectivity index (χ2v) is 6.68. The molecule has 1 aromatic carbocycles. The number of amides is 2. The van der Waals surface area contributed by atoms with Gasteiger partial charge in [0.1, 0.15) is 5.75 Å². The second kappa shape index (κ2) is 13.1. The van der Waals surface area contributed by atoms with Gasteiger partial charge in [0, 0.05) is 31.5 Å². The Kier molecular flexibility index (Phi) is 11.1. The summed E-state index contributed by atoms with van der Waals surface area (Å²) >= 11 is 0. The van der Waals surface area contributed by atoms with Crippen molar-refractivity contribution in [2.75, 3.05) is 13.1 Å². The van der Waals surface area contributed by atoms with E-state index in [-0.39, 0.29) is 24.0 Å². The maximum absolute atomic E-state index is 12.6. The van der Waals surface area contributed by atoms with Crippen LogP contribution >= 0.6 is 0 Å². The summed E-state index contributed by atoms with van der Waals surface area (Å²) in [7, 11) is 0.